The summed E-state index contributed by atoms with van der Waals surface area (Å²) < 4.78 is 0. The van der Waals surface area contributed by atoms with Crippen LogP contribution in [0.25, 0.3) is 0 Å². The van der Waals surface area contributed by atoms with Crippen LogP contribution in [0.15, 0.2) is 30.3 Å². The lowest BCUT2D eigenvalue weighted by molar-refractivity contribution is -0.276. The van der Waals surface area contributed by atoms with Crippen molar-refractivity contribution in [3.8, 4) is 0 Å². The lowest BCUT2D eigenvalue weighted by atomic mass is 9.94. The van der Waals surface area contributed by atoms with Crippen LogP contribution in [-0.4, -0.2) is 38.7 Å². The fourth-order valence-electron chi connectivity index (χ4n) is 4.31. The van der Waals surface area contributed by atoms with E-state index in [-0.39, 0.29) is 6.10 Å². The van der Waals surface area contributed by atoms with E-state index in [0.717, 1.165) is 19.5 Å². The Hall–Kier alpha value is -1.72. The molecule has 1 fully saturated rings. The van der Waals surface area contributed by atoms with Crippen LogP contribution in [0.5, 0.6) is 0 Å². The van der Waals surface area contributed by atoms with Crippen molar-refractivity contribution in [3.05, 3.63) is 69.3 Å². The van der Waals surface area contributed by atoms with Gasteiger partial charge in [-0.1, -0.05) is 47.0 Å². The van der Waals surface area contributed by atoms with Crippen molar-refractivity contribution in [1.29, 1.82) is 0 Å². The van der Waals surface area contributed by atoms with Crippen molar-refractivity contribution in [2.45, 2.75) is 66.5 Å². The number of rotatable bonds is 8. The first-order chi connectivity index (χ1) is 14.8. The van der Waals surface area contributed by atoms with Gasteiger partial charge in [-0.15, -0.1) is 0 Å². The second-order valence-corrected chi connectivity index (χ2v) is 9.19. The van der Waals surface area contributed by atoms with Crippen LogP contribution in [0, 0.1) is 34.6 Å². The third kappa shape index (κ3) is 9.12. The first kappa shape index (κ1) is 25.5. The zero-order valence-corrected chi connectivity index (χ0v) is 20.7. The Morgan fingerprint density at radius 3 is 2.03 bits per heavy atom. The minimum atomic E-state index is 0.135. The van der Waals surface area contributed by atoms with E-state index >= 15 is 0 Å². The summed E-state index contributed by atoms with van der Waals surface area (Å²) in [4.78, 5) is 12.4. The number of aryl methyl sites for hydroxylation is 5. The summed E-state index contributed by atoms with van der Waals surface area (Å²) in [6.45, 7) is 14.7. The van der Waals surface area contributed by atoms with E-state index in [0.29, 0.717) is 6.61 Å². The van der Waals surface area contributed by atoms with Crippen molar-refractivity contribution < 1.29 is 9.78 Å². The quantitative estimate of drug-likeness (QED) is 0.431. The average molecular weight is 427 g/mol. The summed E-state index contributed by atoms with van der Waals surface area (Å²) in [6.07, 6.45) is 3.62. The highest BCUT2D eigenvalue weighted by Crippen LogP contribution is 2.32. The predicted octanol–water partition coefficient (Wildman–Crippen LogP) is 5.74. The van der Waals surface area contributed by atoms with Gasteiger partial charge in [0, 0.05) is 13.0 Å². The first-order valence-corrected chi connectivity index (χ1v) is 11.5. The third-order valence-corrected chi connectivity index (χ3v) is 5.53. The van der Waals surface area contributed by atoms with Crippen molar-refractivity contribution >= 4 is 0 Å². The van der Waals surface area contributed by atoms with Crippen molar-refractivity contribution in [2.75, 3.05) is 33.8 Å². The number of benzene rings is 2. The highest BCUT2D eigenvalue weighted by molar-refractivity contribution is 5.39. The molecule has 0 saturated carbocycles. The predicted molar refractivity (Wildman–Crippen MR) is 130 cm³/mol. The fraction of sp³-hybridized carbons (Fsp3) is 0.556. The molecule has 0 spiro atoms. The fourth-order valence-corrected chi connectivity index (χ4v) is 4.31. The summed E-state index contributed by atoms with van der Waals surface area (Å²) in [7, 11) is 4.26. The van der Waals surface area contributed by atoms with Crippen LogP contribution >= 0.6 is 0 Å². The second-order valence-electron chi connectivity index (χ2n) is 9.19. The molecule has 0 bridgehead atoms. The molecule has 4 heteroatoms. The molecule has 172 valence electrons. The third-order valence-electron chi connectivity index (χ3n) is 5.53. The molecule has 1 N–H and O–H groups in total. The van der Waals surface area contributed by atoms with E-state index in [1.54, 1.807) is 0 Å². The van der Waals surface area contributed by atoms with Gasteiger partial charge in [0.15, 0.2) is 0 Å². The zero-order chi connectivity index (χ0) is 22.8. The number of hydrogen-bond donors (Lipinski definition) is 1. The largest absolute Gasteiger partial charge is 0.313 e. The van der Waals surface area contributed by atoms with Gasteiger partial charge in [0.05, 0.1) is 6.61 Å². The molecule has 2 aromatic carbocycles. The van der Waals surface area contributed by atoms with Gasteiger partial charge in [0.1, 0.15) is 6.10 Å². The molecular weight excluding hydrogens is 384 g/mol. The molecule has 1 aliphatic heterocycles. The molecule has 1 unspecified atom stereocenters. The molecule has 1 saturated heterocycles. The summed E-state index contributed by atoms with van der Waals surface area (Å²) in [5.74, 6) is 0. The van der Waals surface area contributed by atoms with Crippen LogP contribution in [-0.2, 0) is 16.3 Å². The minimum absolute atomic E-state index is 0.135. The molecule has 0 aromatic heterocycles. The molecule has 2 aromatic rings. The summed E-state index contributed by atoms with van der Waals surface area (Å²) in [6, 6.07) is 11.1. The lowest BCUT2D eigenvalue weighted by Gasteiger charge is -2.15. The summed E-state index contributed by atoms with van der Waals surface area (Å²) >= 11 is 0. The molecule has 3 rings (SSSR count). The highest BCUT2D eigenvalue weighted by atomic mass is 17.2. The van der Waals surface area contributed by atoms with E-state index in [2.05, 4.69) is 89.3 Å². The second kappa shape index (κ2) is 13.0. The van der Waals surface area contributed by atoms with Crippen LogP contribution in [0.3, 0.4) is 0 Å². The van der Waals surface area contributed by atoms with Gasteiger partial charge < -0.3 is 10.2 Å². The SMILES string of the molecule is Cc1cc(C)c(C2CCOO2)c(C)c1.Cc1cc(C)cc(CNCCCCN(C)C)c1. The Morgan fingerprint density at radius 1 is 0.871 bits per heavy atom. The molecule has 31 heavy (non-hydrogen) atoms. The van der Waals surface area contributed by atoms with Gasteiger partial charge >= 0.3 is 0 Å². The van der Waals surface area contributed by atoms with Crippen molar-refractivity contribution in [3.63, 3.8) is 0 Å². The van der Waals surface area contributed by atoms with Gasteiger partial charge in [0.2, 0.25) is 0 Å². The molecular formula is C27H42N2O2. The average Bonchev–Trinajstić information content (AvgIpc) is 3.17. The van der Waals surface area contributed by atoms with Crippen molar-refractivity contribution in [2.24, 2.45) is 0 Å². The van der Waals surface area contributed by atoms with Gasteiger partial charge in [-0.05, 0) is 96.9 Å². The number of hydrogen-bond acceptors (Lipinski definition) is 4. The lowest BCUT2D eigenvalue weighted by Crippen LogP contribution is -2.18. The normalized spacial score (nSPS) is 15.8. The topological polar surface area (TPSA) is 33.7 Å². The molecule has 1 atom stereocenters. The van der Waals surface area contributed by atoms with Crippen LogP contribution in [0.4, 0.5) is 0 Å². The van der Waals surface area contributed by atoms with Gasteiger partial charge in [0.25, 0.3) is 0 Å². The number of nitrogens with zero attached hydrogens (tertiary/aromatic N) is 1. The Bertz CT molecular complexity index is 768. The van der Waals surface area contributed by atoms with Crippen molar-refractivity contribution in [1.82, 2.24) is 10.2 Å². The van der Waals surface area contributed by atoms with E-state index in [4.69, 9.17) is 9.78 Å². The van der Waals surface area contributed by atoms with E-state index in [1.807, 2.05) is 0 Å². The standard InChI is InChI=1S/C15H26N2.C12H16O2/c1-13-9-14(2)11-15(10-13)12-16-7-5-6-8-17(3)4;1-8-6-9(2)12(10(3)7-8)11-4-5-13-14-11/h9-11,16H,5-8,12H2,1-4H3;6-7,11H,4-5H2,1-3H3. The Morgan fingerprint density at radius 2 is 1.48 bits per heavy atom. The Kier molecular flexibility index (Phi) is 10.7. The Balaban J connectivity index is 0.000000224. The van der Waals surface area contributed by atoms with Gasteiger partial charge in [-0.2, -0.15) is 0 Å². The number of nitrogens with one attached hydrogen (secondary N) is 1. The van der Waals surface area contributed by atoms with Crippen LogP contribution in [0.2, 0.25) is 0 Å². The smallest absolute Gasteiger partial charge is 0.121 e. The summed E-state index contributed by atoms with van der Waals surface area (Å²) in [5.41, 5.74) is 9.32. The van der Waals surface area contributed by atoms with Crippen LogP contribution < -0.4 is 5.32 Å². The van der Waals surface area contributed by atoms with Crippen LogP contribution in [0.1, 0.15) is 64.3 Å². The van der Waals surface area contributed by atoms with Gasteiger partial charge in [-0.3, -0.25) is 0 Å². The molecule has 0 radical (unpaired) electrons. The zero-order valence-electron chi connectivity index (χ0n) is 20.7. The van der Waals surface area contributed by atoms with E-state index in [9.17, 15) is 0 Å². The minimum Gasteiger partial charge on any atom is -0.313 e. The van der Waals surface area contributed by atoms with E-state index < -0.39 is 0 Å². The maximum atomic E-state index is 5.24. The molecule has 1 heterocycles. The van der Waals surface area contributed by atoms with Gasteiger partial charge in [-0.25, -0.2) is 9.78 Å². The monoisotopic (exact) mass is 426 g/mol. The summed E-state index contributed by atoms with van der Waals surface area (Å²) in [5, 5.41) is 3.51. The first-order valence-electron chi connectivity index (χ1n) is 11.5. The van der Waals surface area contributed by atoms with E-state index in [1.165, 1.54) is 58.3 Å². The molecule has 0 aliphatic carbocycles. The Labute approximate surface area is 189 Å². The molecule has 0 amide bonds. The molecule has 4 nitrogen and oxygen atoms in total. The number of unbranched alkanes of at least 4 members (excludes halogenated alkanes) is 1. The maximum absolute atomic E-state index is 5.24. The maximum Gasteiger partial charge on any atom is 0.121 e. The highest BCUT2D eigenvalue weighted by Gasteiger charge is 2.22. The molecule has 1 aliphatic rings.